The number of aliphatic carboxylic acids is 2. The summed E-state index contributed by atoms with van der Waals surface area (Å²) in [4.78, 5) is 83.4. The van der Waals surface area contributed by atoms with Crippen LogP contribution in [-0.4, -0.2) is 75.9 Å². The number of amides is 5. The van der Waals surface area contributed by atoms with Crippen molar-refractivity contribution < 1.29 is 43.8 Å². The minimum atomic E-state index is -1.47. The van der Waals surface area contributed by atoms with Crippen molar-refractivity contribution >= 4 is 41.5 Å². The Bertz CT molecular complexity index is 1050. The van der Waals surface area contributed by atoms with Gasteiger partial charge in [0.25, 0.3) is 0 Å². The number of carboxylic acid groups (broad SMARTS) is 2. The summed E-state index contributed by atoms with van der Waals surface area (Å²) in [5, 5.41) is 25.3. The zero-order valence-corrected chi connectivity index (χ0v) is 21.1. The van der Waals surface area contributed by atoms with Crippen LogP contribution in [0.25, 0.3) is 0 Å². The number of benzene rings is 1. The van der Waals surface area contributed by atoms with Gasteiger partial charge in [0.1, 0.15) is 18.1 Å². The van der Waals surface area contributed by atoms with Crippen LogP contribution >= 0.6 is 0 Å². The number of nitrogens with two attached hydrogens (primary N) is 3. The Labute approximate surface area is 223 Å². The van der Waals surface area contributed by atoms with Crippen LogP contribution in [0.1, 0.15) is 44.1 Å². The van der Waals surface area contributed by atoms with E-state index in [-0.39, 0.29) is 38.5 Å². The number of primary amides is 2. The monoisotopic (exact) mass is 550 g/mol. The average molecular weight is 551 g/mol. The van der Waals surface area contributed by atoms with Crippen molar-refractivity contribution in [3.05, 3.63) is 35.9 Å². The van der Waals surface area contributed by atoms with Crippen molar-refractivity contribution in [2.45, 2.75) is 69.1 Å². The first-order chi connectivity index (χ1) is 18.3. The van der Waals surface area contributed by atoms with Gasteiger partial charge in [-0.25, -0.2) is 4.79 Å². The van der Waals surface area contributed by atoms with Crippen molar-refractivity contribution in [1.82, 2.24) is 16.0 Å². The molecule has 5 amide bonds. The second-order valence-corrected chi connectivity index (χ2v) is 8.76. The van der Waals surface area contributed by atoms with Gasteiger partial charge in [0.05, 0.1) is 6.04 Å². The summed E-state index contributed by atoms with van der Waals surface area (Å²) in [5.41, 5.74) is 16.6. The number of hydrogen-bond acceptors (Lipinski definition) is 8. The number of carbonyl (C=O) groups excluding carboxylic acids is 5. The third-order valence-corrected chi connectivity index (χ3v) is 5.53. The summed E-state index contributed by atoms with van der Waals surface area (Å²) < 4.78 is 0. The number of carbonyl (C=O) groups is 7. The molecule has 1 aromatic rings. The zero-order chi connectivity index (χ0) is 29.5. The first kappa shape index (κ1) is 32.5. The normalized spacial score (nSPS) is 13.7. The van der Waals surface area contributed by atoms with Crippen LogP contribution in [0.4, 0.5) is 0 Å². The standard InChI is InChI=1S/C24H34N6O9/c25-14(6-11-20(33)34)21(35)28-15(7-9-18(26)31)22(36)30-17(12-13-4-2-1-3-5-13)23(37)29-16(24(38)39)8-10-19(27)32/h1-5,14-17H,6-12,25H2,(H2,26,31)(H2,27,32)(H,28,35)(H,29,37)(H,30,36)(H,33,34)(H,38,39). The maximum Gasteiger partial charge on any atom is 0.326 e. The molecule has 11 N–H and O–H groups in total. The van der Waals surface area contributed by atoms with E-state index in [0.29, 0.717) is 5.56 Å². The van der Waals surface area contributed by atoms with Crippen LogP contribution in [0, 0.1) is 0 Å². The highest BCUT2D eigenvalue weighted by atomic mass is 16.4. The fourth-order valence-corrected chi connectivity index (χ4v) is 3.39. The molecule has 0 saturated heterocycles. The maximum absolute atomic E-state index is 13.1. The van der Waals surface area contributed by atoms with Crippen molar-refractivity contribution in [2.24, 2.45) is 17.2 Å². The quantitative estimate of drug-likeness (QED) is 0.0950. The van der Waals surface area contributed by atoms with E-state index < -0.39 is 72.1 Å². The van der Waals surface area contributed by atoms with E-state index in [1.165, 1.54) is 0 Å². The molecule has 4 atom stereocenters. The van der Waals surface area contributed by atoms with Crippen molar-refractivity contribution in [3.63, 3.8) is 0 Å². The van der Waals surface area contributed by atoms with Gasteiger partial charge in [-0.15, -0.1) is 0 Å². The first-order valence-corrected chi connectivity index (χ1v) is 12.0. The minimum Gasteiger partial charge on any atom is -0.481 e. The van der Waals surface area contributed by atoms with E-state index in [1.54, 1.807) is 30.3 Å². The van der Waals surface area contributed by atoms with E-state index in [0.717, 1.165) is 0 Å². The molecule has 0 heterocycles. The Morgan fingerprint density at radius 3 is 1.67 bits per heavy atom. The topological polar surface area (TPSA) is 274 Å². The number of rotatable bonds is 18. The second-order valence-electron chi connectivity index (χ2n) is 8.76. The van der Waals surface area contributed by atoms with Gasteiger partial charge in [0.15, 0.2) is 0 Å². The largest absolute Gasteiger partial charge is 0.481 e. The predicted octanol–water partition coefficient (Wildman–Crippen LogP) is -2.51. The molecule has 15 nitrogen and oxygen atoms in total. The Kier molecular flexibility index (Phi) is 13.6. The summed E-state index contributed by atoms with van der Waals surface area (Å²) >= 11 is 0. The maximum atomic E-state index is 13.1. The van der Waals surface area contributed by atoms with Crippen LogP contribution in [0.5, 0.6) is 0 Å². The number of hydrogen-bond donors (Lipinski definition) is 8. The van der Waals surface area contributed by atoms with Crippen LogP contribution in [0.2, 0.25) is 0 Å². The molecule has 0 bridgehead atoms. The fraction of sp³-hybridized carbons (Fsp3) is 0.458. The third-order valence-electron chi connectivity index (χ3n) is 5.53. The highest BCUT2D eigenvalue weighted by Crippen LogP contribution is 2.08. The van der Waals surface area contributed by atoms with E-state index in [1.807, 2.05) is 0 Å². The lowest BCUT2D eigenvalue weighted by atomic mass is 10.0. The van der Waals surface area contributed by atoms with Crippen LogP contribution in [-0.2, 0) is 40.0 Å². The highest BCUT2D eigenvalue weighted by Gasteiger charge is 2.31. The van der Waals surface area contributed by atoms with Gasteiger partial charge in [-0.3, -0.25) is 28.8 Å². The zero-order valence-electron chi connectivity index (χ0n) is 21.1. The molecule has 0 saturated carbocycles. The molecular weight excluding hydrogens is 516 g/mol. The Morgan fingerprint density at radius 2 is 1.15 bits per heavy atom. The Hall–Kier alpha value is -4.53. The first-order valence-electron chi connectivity index (χ1n) is 12.0. The average Bonchev–Trinajstić information content (AvgIpc) is 2.86. The molecule has 0 fully saturated rings. The molecule has 0 radical (unpaired) electrons. The molecule has 214 valence electrons. The lowest BCUT2D eigenvalue weighted by molar-refractivity contribution is -0.142. The molecular formula is C24H34N6O9. The fourth-order valence-electron chi connectivity index (χ4n) is 3.39. The van der Waals surface area contributed by atoms with E-state index >= 15 is 0 Å². The molecule has 0 aromatic heterocycles. The van der Waals surface area contributed by atoms with Crippen LogP contribution in [0.15, 0.2) is 30.3 Å². The molecule has 15 heteroatoms. The van der Waals surface area contributed by atoms with Gasteiger partial charge >= 0.3 is 11.9 Å². The van der Waals surface area contributed by atoms with Gasteiger partial charge < -0.3 is 43.4 Å². The third kappa shape index (κ3) is 13.0. The van der Waals surface area contributed by atoms with Gasteiger partial charge in [0, 0.05) is 25.7 Å². The predicted molar refractivity (Wildman–Crippen MR) is 135 cm³/mol. The van der Waals surface area contributed by atoms with E-state index in [9.17, 15) is 38.7 Å². The Balaban J connectivity index is 3.13. The lowest BCUT2D eigenvalue weighted by Gasteiger charge is -2.25. The number of nitrogens with one attached hydrogen (secondary N) is 3. The van der Waals surface area contributed by atoms with Crippen molar-refractivity contribution in [3.8, 4) is 0 Å². The molecule has 39 heavy (non-hydrogen) atoms. The van der Waals surface area contributed by atoms with Crippen LogP contribution in [0.3, 0.4) is 0 Å². The van der Waals surface area contributed by atoms with Gasteiger partial charge in [-0.1, -0.05) is 30.3 Å². The summed E-state index contributed by atoms with van der Waals surface area (Å²) in [7, 11) is 0. The second kappa shape index (κ2) is 16.3. The SMILES string of the molecule is NC(=O)CCC(NC(=O)C(Cc1ccccc1)NC(=O)C(CCC(N)=O)NC(=O)C(N)CCC(=O)O)C(=O)O. The van der Waals surface area contributed by atoms with Gasteiger partial charge in [-0.2, -0.15) is 0 Å². The summed E-state index contributed by atoms with van der Waals surface area (Å²) in [5.74, 6) is -6.77. The molecule has 1 rings (SSSR count). The highest BCUT2D eigenvalue weighted by molar-refractivity contribution is 5.94. The molecule has 0 aliphatic rings. The Morgan fingerprint density at radius 1 is 0.667 bits per heavy atom. The lowest BCUT2D eigenvalue weighted by Crippen LogP contribution is -2.57. The molecule has 0 aliphatic heterocycles. The molecule has 0 spiro atoms. The molecule has 4 unspecified atom stereocenters. The van der Waals surface area contributed by atoms with Crippen molar-refractivity contribution in [2.75, 3.05) is 0 Å². The van der Waals surface area contributed by atoms with E-state index in [4.69, 9.17) is 22.3 Å². The van der Waals surface area contributed by atoms with Gasteiger partial charge in [-0.05, 0) is 24.8 Å². The minimum absolute atomic E-state index is 0.0742. The smallest absolute Gasteiger partial charge is 0.326 e. The summed E-state index contributed by atoms with van der Waals surface area (Å²) in [6, 6.07) is 2.99. The summed E-state index contributed by atoms with van der Waals surface area (Å²) in [6.45, 7) is 0. The summed E-state index contributed by atoms with van der Waals surface area (Å²) in [6.07, 6.45) is -1.85. The molecule has 1 aromatic carbocycles. The van der Waals surface area contributed by atoms with Crippen molar-refractivity contribution in [1.29, 1.82) is 0 Å². The van der Waals surface area contributed by atoms with E-state index in [2.05, 4.69) is 16.0 Å². The van der Waals surface area contributed by atoms with Crippen LogP contribution < -0.4 is 33.2 Å². The van der Waals surface area contributed by atoms with Gasteiger partial charge in [0.2, 0.25) is 29.5 Å². The number of carboxylic acids is 2. The molecule has 0 aliphatic carbocycles.